The predicted octanol–water partition coefficient (Wildman–Crippen LogP) is 0.387. The van der Waals surface area contributed by atoms with Crippen LogP contribution in [0.4, 0.5) is 13.2 Å². The van der Waals surface area contributed by atoms with E-state index in [0.717, 1.165) is 19.4 Å². The van der Waals surface area contributed by atoms with Gasteiger partial charge in [0, 0.05) is 12.5 Å². The van der Waals surface area contributed by atoms with Crippen molar-refractivity contribution in [3.8, 4) is 6.07 Å². The Bertz CT molecular complexity index is 365. The fourth-order valence-electron chi connectivity index (χ4n) is 1.42. The maximum absolute atomic E-state index is 11.2. The summed E-state index contributed by atoms with van der Waals surface area (Å²) in [4.78, 5) is 20.1. The summed E-state index contributed by atoms with van der Waals surface area (Å²) in [5, 5.41) is 18.3. The molecule has 108 valence electrons. The van der Waals surface area contributed by atoms with Crippen LogP contribution in [0.1, 0.15) is 19.3 Å². The third-order valence-electron chi connectivity index (χ3n) is 2.35. The summed E-state index contributed by atoms with van der Waals surface area (Å²) in [6.07, 6.45) is -2.74. The number of aliphatic carboxylic acids is 1. The fourth-order valence-corrected chi connectivity index (χ4v) is 1.42. The van der Waals surface area contributed by atoms with E-state index in [4.69, 9.17) is 20.9 Å². The zero-order valence-electron chi connectivity index (χ0n) is 9.91. The summed E-state index contributed by atoms with van der Waals surface area (Å²) in [5.41, 5.74) is 5.42. The Kier molecular flexibility index (Phi) is 6.85. The van der Waals surface area contributed by atoms with Gasteiger partial charge in [0.1, 0.15) is 0 Å². The second kappa shape index (κ2) is 7.58. The molecule has 0 bridgehead atoms. The van der Waals surface area contributed by atoms with E-state index in [1.807, 2.05) is 6.07 Å². The smallest absolute Gasteiger partial charge is 0.475 e. The largest absolute Gasteiger partial charge is 0.490 e. The first-order chi connectivity index (χ1) is 8.68. The number of carbonyl (C=O) groups is 2. The summed E-state index contributed by atoms with van der Waals surface area (Å²) in [7, 11) is 0. The first-order valence-electron chi connectivity index (χ1n) is 5.41. The highest BCUT2D eigenvalue weighted by atomic mass is 19.4. The molecule has 1 amide bonds. The molecular formula is C10H14F3N3O3. The molecule has 19 heavy (non-hydrogen) atoms. The van der Waals surface area contributed by atoms with Gasteiger partial charge in [0.15, 0.2) is 0 Å². The van der Waals surface area contributed by atoms with Crippen molar-refractivity contribution < 1.29 is 27.9 Å². The number of nitriles is 1. The Morgan fingerprint density at radius 2 is 2.16 bits per heavy atom. The maximum atomic E-state index is 11.2. The van der Waals surface area contributed by atoms with Crippen molar-refractivity contribution >= 4 is 11.9 Å². The van der Waals surface area contributed by atoms with E-state index in [0.29, 0.717) is 6.42 Å². The number of carbonyl (C=O) groups excluding carboxylic acids is 1. The number of hydrogen-bond donors (Lipinski definition) is 3. The molecular weight excluding hydrogens is 267 g/mol. The average molecular weight is 281 g/mol. The molecule has 0 saturated carbocycles. The molecule has 0 aromatic rings. The molecule has 1 fully saturated rings. The van der Waals surface area contributed by atoms with Gasteiger partial charge in [0.05, 0.1) is 12.1 Å². The van der Waals surface area contributed by atoms with Crippen LogP contribution in [-0.4, -0.2) is 35.7 Å². The molecule has 1 rings (SSSR count). The van der Waals surface area contributed by atoms with Crippen molar-refractivity contribution in [1.29, 1.82) is 5.26 Å². The molecule has 4 N–H and O–H groups in total. The van der Waals surface area contributed by atoms with Crippen molar-refractivity contribution in [1.82, 2.24) is 5.32 Å². The number of hydrogen-bond acceptors (Lipinski definition) is 4. The summed E-state index contributed by atoms with van der Waals surface area (Å²) < 4.78 is 31.7. The van der Waals surface area contributed by atoms with E-state index in [-0.39, 0.29) is 11.8 Å². The van der Waals surface area contributed by atoms with E-state index in [9.17, 15) is 18.0 Å². The highest BCUT2D eigenvalue weighted by Crippen LogP contribution is 2.16. The average Bonchev–Trinajstić information content (AvgIpc) is 2.31. The van der Waals surface area contributed by atoms with Gasteiger partial charge in [0.2, 0.25) is 5.91 Å². The van der Waals surface area contributed by atoms with Gasteiger partial charge in [-0.15, -0.1) is 0 Å². The molecule has 1 saturated heterocycles. The zero-order valence-corrected chi connectivity index (χ0v) is 9.91. The molecule has 0 aliphatic carbocycles. The molecule has 1 aliphatic heterocycles. The first kappa shape index (κ1) is 17.2. The Hall–Kier alpha value is -1.82. The molecule has 1 aliphatic rings. The number of nitrogens with two attached hydrogens (primary N) is 1. The number of alkyl halides is 3. The molecule has 9 heteroatoms. The number of carboxylic acid groups (broad SMARTS) is 1. The van der Waals surface area contributed by atoms with Crippen molar-refractivity contribution in [3.63, 3.8) is 0 Å². The van der Waals surface area contributed by atoms with Crippen molar-refractivity contribution in [2.75, 3.05) is 6.54 Å². The van der Waals surface area contributed by atoms with E-state index in [1.165, 1.54) is 0 Å². The van der Waals surface area contributed by atoms with Crippen LogP contribution in [-0.2, 0) is 9.59 Å². The van der Waals surface area contributed by atoms with Gasteiger partial charge in [-0.1, -0.05) is 0 Å². The van der Waals surface area contributed by atoms with Crippen LogP contribution >= 0.6 is 0 Å². The highest BCUT2D eigenvalue weighted by Gasteiger charge is 2.38. The monoisotopic (exact) mass is 281 g/mol. The first-order valence-corrected chi connectivity index (χ1v) is 5.41. The van der Waals surface area contributed by atoms with Crippen LogP contribution in [0.5, 0.6) is 0 Å². The lowest BCUT2D eigenvalue weighted by atomic mass is 9.92. The van der Waals surface area contributed by atoms with E-state index < -0.39 is 18.2 Å². The molecule has 6 nitrogen and oxygen atoms in total. The van der Waals surface area contributed by atoms with Crippen molar-refractivity contribution in [2.24, 2.45) is 11.7 Å². The van der Waals surface area contributed by atoms with Crippen LogP contribution in [0.3, 0.4) is 0 Å². The second-order valence-electron chi connectivity index (χ2n) is 3.90. The topological polar surface area (TPSA) is 116 Å². The predicted molar refractivity (Wildman–Crippen MR) is 57.6 cm³/mol. The van der Waals surface area contributed by atoms with Gasteiger partial charge >= 0.3 is 12.1 Å². The Labute approximate surface area is 107 Å². The Morgan fingerprint density at radius 1 is 1.63 bits per heavy atom. The lowest BCUT2D eigenvalue weighted by molar-refractivity contribution is -0.192. The number of carboxylic acids is 1. The van der Waals surface area contributed by atoms with Crippen LogP contribution in [0.2, 0.25) is 0 Å². The standard InChI is InChI=1S/C8H13N3O.C2HF3O2/c9-5-7(10)4-6-2-1-3-11-8(6)12;3-2(4,5)1(6)7/h6-7H,1-4,10H2,(H,11,12);(H,6,7). The van der Waals surface area contributed by atoms with E-state index in [2.05, 4.69) is 5.32 Å². The SMILES string of the molecule is N#CC(N)CC1CCCNC1=O.O=C(O)C(F)(F)F. The van der Waals surface area contributed by atoms with Crippen LogP contribution in [0.15, 0.2) is 0 Å². The van der Waals surface area contributed by atoms with Crippen molar-refractivity contribution in [3.05, 3.63) is 0 Å². The van der Waals surface area contributed by atoms with Crippen molar-refractivity contribution in [2.45, 2.75) is 31.5 Å². The van der Waals surface area contributed by atoms with Gasteiger partial charge in [0.25, 0.3) is 0 Å². The quantitative estimate of drug-likeness (QED) is 0.677. The number of rotatable bonds is 2. The minimum absolute atomic E-state index is 0.0478. The number of nitrogens with one attached hydrogen (secondary N) is 1. The minimum Gasteiger partial charge on any atom is -0.475 e. The molecule has 0 aromatic heterocycles. The van der Waals surface area contributed by atoms with Gasteiger partial charge in [-0.25, -0.2) is 4.79 Å². The number of amides is 1. The van der Waals surface area contributed by atoms with Gasteiger partial charge in [-0.3, -0.25) is 4.79 Å². The summed E-state index contributed by atoms with van der Waals surface area (Å²) in [6.45, 7) is 0.761. The lowest BCUT2D eigenvalue weighted by Crippen LogP contribution is -2.39. The zero-order chi connectivity index (χ0) is 15.1. The summed E-state index contributed by atoms with van der Waals surface area (Å²) in [6, 6.07) is 1.43. The highest BCUT2D eigenvalue weighted by molar-refractivity contribution is 5.79. The molecule has 0 radical (unpaired) electrons. The number of piperidine rings is 1. The fraction of sp³-hybridized carbons (Fsp3) is 0.700. The normalized spacial score (nSPS) is 20.4. The maximum Gasteiger partial charge on any atom is 0.490 e. The number of nitrogens with zero attached hydrogens (tertiary/aromatic N) is 1. The van der Waals surface area contributed by atoms with Crippen LogP contribution in [0, 0.1) is 17.2 Å². The molecule has 1 heterocycles. The Balaban J connectivity index is 0.000000399. The molecule has 2 unspecified atom stereocenters. The van der Waals surface area contributed by atoms with Gasteiger partial charge in [-0.2, -0.15) is 18.4 Å². The third kappa shape index (κ3) is 7.25. The third-order valence-corrected chi connectivity index (χ3v) is 2.35. The minimum atomic E-state index is -5.08. The van der Waals surface area contributed by atoms with Gasteiger partial charge < -0.3 is 16.2 Å². The molecule has 2 atom stereocenters. The van der Waals surface area contributed by atoms with Gasteiger partial charge in [-0.05, 0) is 19.3 Å². The number of halogens is 3. The Morgan fingerprint density at radius 3 is 2.53 bits per heavy atom. The lowest BCUT2D eigenvalue weighted by Gasteiger charge is -2.22. The molecule has 0 spiro atoms. The molecule has 0 aromatic carbocycles. The van der Waals surface area contributed by atoms with Crippen LogP contribution in [0.25, 0.3) is 0 Å². The van der Waals surface area contributed by atoms with E-state index in [1.54, 1.807) is 0 Å². The van der Waals surface area contributed by atoms with E-state index >= 15 is 0 Å². The second-order valence-corrected chi connectivity index (χ2v) is 3.90. The van der Waals surface area contributed by atoms with Crippen LogP contribution < -0.4 is 11.1 Å². The summed E-state index contributed by atoms with van der Waals surface area (Å²) >= 11 is 0. The summed E-state index contributed by atoms with van der Waals surface area (Å²) in [5.74, 6) is -2.76.